The lowest BCUT2D eigenvalue weighted by Crippen LogP contribution is -2.47. The van der Waals surface area contributed by atoms with Crippen molar-refractivity contribution < 1.29 is 22.0 Å². The number of nitrogens with zero attached hydrogens (tertiary/aromatic N) is 2. The summed E-state index contributed by atoms with van der Waals surface area (Å²) in [5.41, 5.74) is 4.99. The Morgan fingerprint density at radius 1 is 1.38 bits per heavy atom. The van der Waals surface area contributed by atoms with Crippen molar-refractivity contribution in [2.24, 2.45) is 5.73 Å². The molecule has 1 unspecified atom stereocenters. The lowest BCUT2D eigenvalue weighted by Gasteiger charge is -2.29. The van der Waals surface area contributed by atoms with Gasteiger partial charge in [0.1, 0.15) is 11.9 Å². The first-order valence-corrected chi connectivity index (χ1v) is 4.36. The van der Waals surface area contributed by atoms with Gasteiger partial charge in [0, 0.05) is 18.9 Å². The van der Waals surface area contributed by atoms with Crippen molar-refractivity contribution in [3.63, 3.8) is 0 Å². The summed E-state index contributed by atoms with van der Waals surface area (Å²) >= 11 is 0. The molecule has 1 atom stereocenters. The van der Waals surface area contributed by atoms with Crippen LogP contribution in [0, 0.1) is 6.92 Å². The van der Waals surface area contributed by atoms with E-state index in [0.717, 1.165) is 17.0 Å². The van der Waals surface area contributed by atoms with Crippen LogP contribution in [0.1, 0.15) is 11.9 Å². The second-order valence-electron chi connectivity index (χ2n) is 3.25. The first kappa shape index (κ1) is 12.9. The molecule has 0 aliphatic carbocycles. The topological polar surface area (TPSA) is 43.8 Å². The highest BCUT2D eigenvalue weighted by molar-refractivity contribution is 4.99. The van der Waals surface area contributed by atoms with E-state index in [1.807, 2.05) is 0 Å². The Bertz CT molecular complexity index is 357. The van der Waals surface area contributed by atoms with Gasteiger partial charge in [-0.15, -0.1) is 0 Å². The lowest BCUT2D eigenvalue weighted by molar-refractivity contribution is -0.297. The van der Waals surface area contributed by atoms with Gasteiger partial charge in [0.25, 0.3) is 0 Å². The fourth-order valence-corrected chi connectivity index (χ4v) is 1.34. The minimum Gasteiger partial charge on any atom is -0.328 e. The first-order chi connectivity index (χ1) is 7.21. The lowest BCUT2D eigenvalue weighted by atomic mass is 10.1. The maximum atomic E-state index is 13.1. The molecule has 16 heavy (non-hydrogen) atoms. The molecule has 3 nitrogen and oxygen atoms in total. The third-order valence-corrected chi connectivity index (χ3v) is 2.22. The van der Waals surface area contributed by atoms with Crippen LogP contribution in [0.15, 0.2) is 12.4 Å². The maximum Gasteiger partial charge on any atom is 0.455 e. The van der Waals surface area contributed by atoms with Crippen LogP contribution in [0.4, 0.5) is 22.0 Å². The summed E-state index contributed by atoms with van der Waals surface area (Å²) in [6.45, 7) is 0.499. The van der Waals surface area contributed by atoms with Gasteiger partial charge in [0.05, 0.1) is 0 Å². The minimum absolute atomic E-state index is 0.0550. The van der Waals surface area contributed by atoms with Gasteiger partial charge < -0.3 is 10.3 Å². The second kappa shape index (κ2) is 4.00. The van der Waals surface area contributed by atoms with Gasteiger partial charge in [-0.2, -0.15) is 22.0 Å². The highest BCUT2D eigenvalue weighted by atomic mass is 19.4. The average molecular weight is 243 g/mol. The number of aryl methyl sites for hydroxylation is 1. The molecule has 1 aromatic heterocycles. The van der Waals surface area contributed by atoms with Crippen LogP contribution in [0.2, 0.25) is 0 Å². The fourth-order valence-electron chi connectivity index (χ4n) is 1.34. The third kappa shape index (κ3) is 2.01. The van der Waals surface area contributed by atoms with Crippen molar-refractivity contribution in [2.75, 3.05) is 6.54 Å². The molecule has 8 heteroatoms. The Morgan fingerprint density at radius 2 is 1.94 bits per heavy atom. The summed E-state index contributed by atoms with van der Waals surface area (Å²) in [5.74, 6) is -4.83. The van der Waals surface area contributed by atoms with Crippen LogP contribution in [-0.2, 0) is 0 Å². The summed E-state index contributed by atoms with van der Waals surface area (Å²) in [6.07, 6.45) is -3.44. The highest BCUT2D eigenvalue weighted by Gasteiger charge is 2.62. The van der Waals surface area contributed by atoms with Crippen molar-refractivity contribution in [3.05, 3.63) is 18.2 Å². The number of rotatable bonds is 3. The standard InChI is InChI=1S/C8H10F5N3/c1-5-15-2-3-16(5)6(4-14)7(9,10)8(11,12)13/h2-3,6H,4,14H2,1H3. The van der Waals surface area contributed by atoms with E-state index in [1.165, 1.54) is 6.92 Å². The Kier molecular flexibility index (Phi) is 3.22. The SMILES string of the molecule is Cc1nccn1C(CN)C(F)(F)C(F)(F)F. The summed E-state index contributed by atoms with van der Waals surface area (Å²) in [7, 11) is 0. The van der Waals surface area contributed by atoms with Gasteiger partial charge in [-0.05, 0) is 6.92 Å². The molecule has 1 rings (SSSR count). The van der Waals surface area contributed by atoms with E-state index in [2.05, 4.69) is 4.98 Å². The van der Waals surface area contributed by atoms with Crippen LogP contribution < -0.4 is 5.73 Å². The Morgan fingerprint density at radius 3 is 2.25 bits per heavy atom. The molecule has 1 aromatic rings. The Hall–Kier alpha value is -1.18. The molecule has 0 aliphatic rings. The largest absolute Gasteiger partial charge is 0.455 e. The molecule has 0 bridgehead atoms. The quantitative estimate of drug-likeness (QED) is 0.824. The number of hydrogen-bond donors (Lipinski definition) is 1. The molecule has 0 radical (unpaired) electrons. The molecule has 0 amide bonds. The molecule has 92 valence electrons. The fraction of sp³-hybridized carbons (Fsp3) is 0.625. The van der Waals surface area contributed by atoms with Crippen molar-refractivity contribution >= 4 is 0 Å². The molecule has 0 aromatic carbocycles. The predicted molar refractivity (Wildman–Crippen MR) is 46.1 cm³/mol. The Balaban J connectivity index is 3.14. The monoisotopic (exact) mass is 243 g/mol. The van der Waals surface area contributed by atoms with Gasteiger partial charge in [-0.25, -0.2) is 4.98 Å². The zero-order chi connectivity index (χ0) is 12.6. The van der Waals surface area contributed by atoms with Crippen LogP contribution in [0.25, 0.3) is 0 Å². The van der Waals surface area contributed by atoms with E-state index < -0.39 is 24.7 Å². The number of halogens is 5. The van der Waals surface area contributed by atoms with E-state index in [9.17, 15) is 22.0 Å². The smallest absolute Gasteiger partial charge is 0.328 e. The molecule has 0 fully saturated rings. The zero-order valence-electron chi connectivity index (χ0n) is 8.30. The van der Waals surface area contributed by atoms with Crippen LogP contribution in [0.3, 0.4) is 0 Å². The van der Waals surface area contributed by atoms with Crippen LogP contribution in [0.5, 0.6) is 0 Å². The third-order valence-electron chi connectivity index (χ3n) is 2.22. The van der Waals surface area contributed by atoms with Gasteiger partial charge in [-0.1, -0.05) is 0 Å². The van der Waals surface area contributed by atoms with Crippen molar-refractivity contribution in [3.8, 4) is 0 Å². The first-order valence-electron chi connectivity index (χ1n) is 4.36. The molecule has 0 saturated carbocycles. The van der Waals surface area contributed by atoms with E-state index in [0.29, 0.717) is 0 Å². The van der Waals surface area contributed by atoms with Crippen molar-refractivity contribution in [2.45, 2.75) is 25.1 Å². The Labute approximate surface area is 88.1 Å². The number of hydrogen-bond acceptors (Lipinski definition) is 2. The molecule has 1 heterocycles. The summed E-state index contributed by atoms with van der Waals surface area (Å²) < 4.78 is 63.4. The maximum absolute atomic E-state index is 13.1. The van der Waals surface area contributed by atoms with E-state index >= 15 is 0 Å². The van der Waals surface area contributed by atoms with Gasteiger partial charge in [0.2, 0.25) is 0 Å². The van der Waals surface area contributed by atoms with E-state index in [4.69, 9.17) is 5.73 Å². The number of aromatic nitrogens is 2. The molecule has 0 aliphatic heterocycles. The zero-order valence-corrected chi connectivity index (χ0v) is 8.30. The van der Waals surface area contributed by atoms with Gasteiger partial charge in [-0.3, -0.25) is 0 Å². The average Bonchev–Trinajstić information content (AvgIpc) is 2.51. The summed E-state index contributed by atoms with van der Waals surface area (Å²) in [5, 5.41) is 0. The number of nitrogens with two attached hydrogens (primary N) is 1. The number of alkyl halides is 5. The van der Waals surface area contributed by atoms with Crippen molar-refractivity contribution in [1.29, 1.82) is 0 Å². The van der Waals surface area contributed by atoms with Crippen LogP contribution in [-0.4, -0.2) is 28.2 Å². The summed E-state index contributed by atoms with van der Waals surface area (Å²) in [4.78, 5) is 3.59. The molecule has 2 N–H and O–H groups in total. The second-order valence-corrected chi connectivity index (χ2v) is 3.25. The predicted octanol–water partition coefficient (Wildman–Crippen LogP) is 1.89. The molecule has 0 spiro atoms. The van der Waals surface area contributed by atoms with Gasteiger partial charge >= 0.3 is 12.1 Å². The molecular weight excluding hydrogens is 233 g/mol. The van der Waals surface area contributed by atoms with E-state index in [1.54, 1.807) is 0 Å². The van der Waals surface area contributed by atoms with E-state index in [-0.39, 0.29) is 5.82 Å². The minimum atomic E-state index is -5.63. The van der Waals surface area contributed by atoms with Crippen LogP contribution >= 0.6 is 0 Å². The van der Waals surface area contributed by atoms with Gasteiger partial charge in [0.15, 0.2) is 0 Å². The normalized spacial score (nSPS) is 15.2. The highest BCUT2D eigenvalue weighted by Crippen LogP contribution is 2.43. The molecular formula is C8H10F5N3. The summed E-state index contributed by atoms with van der Waals surface area (Å²) in [6, 6.07) is -2.17. The molecule has 0 saturated heterocycles. The number of imidazole rings is 1. The van der Waals surface area contributed by atoms with Crippen molar-refractivity contribution in [1.82, 2.24) is 9.55 Å².